The molecule has 0 spiro atoms. The molecule has 1 aliphatic carbocycles. The minimum atomic E-state index is 0.120. The second kappa shape index (κ2) is 9.58. The first-order valence-corrected chi connectivity index (χ1v) is 11.3. The van der Waals surface area contributed by atoms with Crippen molar-refractivity contribution in [3.8, 4) is 11.5 Å². The minimum Gasteiger partial charge on any atom is -0.493 e. The predicted molar refractivity (Wildman–Crippen MR) is 119 cm³/mol. The summed E-state index contributed by atoms with van der Waals surface area (Å²) in [6, 6.07) is 6.13. The number of rotatable bonds is 6. The van der Waals surface area contributed by atoms with Crippen LogP contribution in [-0.4, -0.2) is 35.7 Å². The van der Waals surface area contributed by atoms with Gasteiger partial charge in [-0.25, -0.2) is 0 Å². The van der Waals surface area contributed by atoms with Crippen LogP contribution in [0.25, 0.3) is 6.08 Å². The van der Waals surface area contributed by atoms with E-state index in [1.165, 1.54) is 25.7 Å². The summed E-state index contributed by atoms with van der Waals surface area (Å²) in [5.74, 6) is 2.84. The molecule has 2 fully saturated rings. The molecule has 2 atom stereocenters. The smallest absolute Gasteiger partial charge is 0.246 e. The molecule has 0 radical (unpaired) electrons. The molecule has 1 saturated heterocycles. The lowest BCUT2D eigenvalue weighted by atomic mass is 9.78. The Morgan fingerprint density at radius 1 is 1.19 bits per heavy atom. The molecule has 31 heavy (non-hydrogen) atoms. The summed E-state index contributed by atoms with van der Waals surface area (Å²) in [4.78, 5) is 15.0. The Labute approximate surface area is 184 Å². The Morgan fingerprint density at radius 3 is 2.77 bits per heavy atom. The van der Waals surface area contributed by atoms with Gasteiger partial charge < -0.3 is 18.9 Å². The van der Waals surface area contributed by atoms with Gasteiger partial charge in [0.1, 0.15) is 12.4 Å². The van der Waals surface area contributed by atoms with E-state index in [0.717, 1.165) is 42.0 Å². The van der Waals surface area contributed by atoms with Gasteiger partial charge in [0.15, 0.2) is 11.5 Å². The number of likely N-dealkylation sites (tertiary alicyclic amines) is 1. The molecule has 4 rings (SSSR count). The summed E-state index contributed by atoms with van der Waals surface area (Å²) in [7, 11) is 1.62. The van der Waals surface area contributed by atoms with Crippen molar-refractivity contribution in [3.63, 3.8) is 0 Å². The van der Waals surface area contributed by atoms with Crippen molar-refractivity contribution in [2.75, 3.05) is 13.7 Å². The third kappa shape index (κ3) is 4.78. The van der Waals surface area contributed by atoms with Crippen molar-refractivity contribution < 1.29 is 18.8 Å². The van der Waals surface area contributed by atoms with Crippen LogP contribution in [0, 0.1) is 19.8 Å². The van der Waals surface area contributed by atoms with E-state index in [4.69, 9.17) is 14.0 Å². The van der Waals surface area contributed by atoms with Crippen LogP contribution in [0.5, 0.6) is 11.5 Å². The van der Waals surface area contributed by atoms with Gasteiger partial charge in [-0.3, -0.25) is 4.79 Å². The monoisotopic (exact) mass is 424 g/mol. The van der Waals surface area contributed by atoms with E-state index in [2.05, 4.69) is 10.1 Å². The number of piperidine rings is 1. The van der Waals surface area contributed by atoms with Gasteiger partial charge in [-0.15, -0.1) is 0 Å². The van der Waals surface area contributed by atoms with Gasteiger partial charge >= 0.3 is 0 Å². The highest BCUT2D eigenvalue weighted by molar-refractivity contribution is 5.92. The Morgan fingerprint density at radius 2 is 2.00 bits per heavy atom. The summed E-state index contributed by atoms with van der Waals surface area (Å²) < 4.78 is 16.7. The number of carbonyl (C=O) groups excluding carboxylic acids is 1. The van der Waals surface area contributed by atoms with Crippen LogP contribution < -0.4 is 9.47 Å². The van der Waals surface area contributed by atoms with Gasteiger partial charge in [0.05, 0.1) is 18.4 Å². The van der Waals surface area contributed by atoms with Gasteiger partial charge in [-0.05, 0) is 69.2 Å². The first kappa shape index (κ1) is 21.5. The maximum Gasteiger partial charge on any atom is 0.246 e. The van der Waals surface area contributed by atoms with Crippen LogP contribution >= 0.6 is 0 Å². The quantitative estimate of drug-likeness (QED) is 0.606. The molecule has 6 nitrogen and oxygen atoms in total. The molecule has 6 heteroatoms. The molecule has 2 aromatic rings. The number of nitrogens with zero attached hydrogens (tertiary/aromatic N) is 2. The van der Waals surface area contributed by atoms with Crippen molar-refractivity contribution >= 4 is 12.0 Å². The molecule has 0 bridgehead atoms. The third-order valence-corrected chi connectivity index (χ3v) is 6.69. The molecular formula is C25H32N2O4. The number of hydrogen-bond acceptors (Lipinski definition) is 5. The zero-order valence-electron chi connectivity index (χ0n) is 18.7. The van der Waals surface area contributed by atoms with Crippen molar-refractivity contribution in [1.82, 2.24) is 10.1 Å². The number of fused-ring (bicyclic) bond motifs is 1. The number of aryl methyl sites for hydroxylation is 2. The molecule has 166 valence electrons. The van der Waals surface area contributed by atoms with E-state index >= 15 is 0 Å². The van der Waals surface area contributed by atoms with Crippen molar-refractivity contribution in [2.24, 2.45) is 5.92 Å². The van der Waals surface area contributed by atoms with E-state index in [1.807, 2.05) is 38.1 Å². The van der Waals surface area contributed by atoms with Crippen molar-refractivity contribution in [2.45, 2.75) is 65.0 Å². The number of carbonyl (C=O) groups is 1. The zero-order chi connectivity index (χ0) is 21.8. The lowest BCUT2D eigenvalue weighted by Crippen LogP contribution is -2.49. The number of amides is 1. The predicted octanol–water partition coefficient (Wildman–Crippen LogP) is 5.07. The van der Waals surface area contributed by atoms with Crippen LogP contribution in [0.1, 0.15) is 61.1 Å². The average Bonchev–Trinajstić information content (AvgIpc) is 3.12. The first-order valence-electron chi connectivity index (χ1n) is 11.3. The Bertz CT molecular complexity index is 927. The third-order valence-electron chi connectivity index (χ3n) is 6.69. The molecule has 1 aliphatic heterocycles. The molecule has 2 unspecified atom stereocenters. The molecule has 1 aromatic carbocycles. The van der Waals surface area contributed by atoms with Gasteiger partial charge in [-0.2, -0.15) is 0 Å². The van der Waals surface area contributed by atoms with Gasteiger partial charge in [0.25, 0.3) is 0 Å². The summed E-state index contributed by atoms with van der Waals surface area (Å²) in [5, 5.41) is 3.96. The normalized spacial score (nSPS) is 21.2. The SMILES string of the molecule is COc1cc(C=CC(=O)N2CCCC3CCCCC32)ccc1OCc1c(C)noc1C. The van der Waals surface area contributed by atoms with E-state index in [-0.39, 0.29) is 5.91 Å². The molecule has 1 saturated carbocycles. The topological polar surface area (TPSA) is 64.8 Å². The minimum absolute atomic E-state index is 0.120. The average molecular weight is 425 g/mol. The van der Waals surface area contributed by atoms with Gasteiger partial charge in [0, 0.05) is 18.7 Å². The number of ether oxygens (including phenoxy) is 2. The lowest BCUT2D eigenvalue weighted by Gasteiger charge is -2.43. The Kier molecular flexibility index (Phi) is 6.64. The lowest BCUT2D eigenvalue weighted by molar-refractivity contribution is -0.132. The molecule has 1 amide bonds. The summed E-state index contributed by atoms with van der Waals surface area (Å²) in [6.45, 7) is 5.01. The first-order chi connectivity index (χ1) is 15.1. The molecule has 0 N–H and O–H groups in total. The van der Waals surface area contributed by atoms with Crippen molar-refractivity contribution in [1.29, 1.82) is 0 Å². The molecular weight excluding hydrogens is 392 g/mol. The fourth-order valence-electron chi connectivity index (χ4n) is 4.93. The maximum absolute atomic E-state index is 12.9. The van der Waals surface area contributed by atoms with Crippen LogP contribution in [0.4, 0.5) is 0 Å². The van der Waals surface area contributed by atoms with Crippen LogP contribution in [0.15, 0.2) is 28.8 Å². The highest BCUT2D eigenvalue weighted by atomic mass is 16.5. The standard InChI is InChI=1S/C25H32N2O4/c1-17-21(18(2)31-26-17)16-30-23-12-10-19(15-24(23)29-3)11-13-25(28)27-14-6-8-20-7-4-5-9-22(20)27/h10-13,15,20,22H,4-9,14,16H2,1-3H3. The highest BCUT2D eigenvalue weighted by Gasteiger charge is 2.34. The summed E-state index contributed by atoms with van der Waals surface area (Å²) >= 11 is 0. The largest absolute Gasteiger partial charge is 0.493 e. The second-order valence-corrected chi connectivity index (χ2v) is 8.62. The Balaban J connectivity index is 1.42. The second-order valence-electron chi connectivity index (χ2n) is 8.62. The van der Waals surface area contributed by atoms with Crippen LogP contribution in [0.3, 0.4) is 0 Å². The summed E-state index contributed by atoms with van der Waals surface area (Å²) in [6.07, 6.45) is 10.9. The fraction of sp³-hybridized carbons (Fsp3) is 0.520. The molecule has 1 aromatic heterocycles. The van der Waals surface area contributed by atoms with E-state index in [1.54, 1.807) is 13.2 Å². The highest BCUT2D eigenvalue weighted by Crippen LogP contribution is 2.35. The summed E-state index contributed by atoms with van der Waals surface area (Å²) in [5.41, 5.74) is 2.68. The zero-order valence-corrected chi connectivity index (χ0v) is 18.7. The van der Waals surface area contributed by atoms with E-state index in [9.17, 15) is 4.79 Å². The number of methoxy groups -OCH3 is 1. The van der Waals surface area contributed by atoms with E-state index < -0.39 is 0 Å². The van der Waals surface area contributed by atoms with Crippen molar-refractivity contribution in [3.05, 3.63) is 46.9 Å². The molecule has 2 aliphatic rings. The van der Waals surface area contributed by atoms with Crippen LogP contribution in [0.2, 0.25) is 0 Å². The number of benzene rings is 1. The maximum atomic E-state index is 12.9. The Hall–Kier alpha value is -2.76. The van der Waals surface area contributed by atoms with E-state index in [0.29, 0.717) is 30.1 Å². The molecule has 2 heterocycles. The van der Waals surface area contributed by atoms with Gasteiger partial charge in [-0.1, -0.05) is 24.1 Å². The number of aromatic nitrogens is 1. The fourth-order valence-corrected chi connectivity index (χ4v) is 4.93. The number of hydrogen-bond donors (Lipinski definition) is 0. The van der Waals surface area contributed by atoms with Gasteiger partial charge in [0.2, 0.25) is 5.91 Å². The van der Waals surface area contributed by atoms with Crippen LogP contribution in [-0.2, 0) is 11.4 Å².